The average molecular weight is 402 g/mol. The molecule has 25 heavy (non-hydrogen) atoms. The number of ether oxygens (including phenoxy) is 1. The number of carbonyl (C=O) groups is 2. The third-order valence-electron chi connectivity index (χ3n) is 3.28. The van der Waals surface area contributed by atoms with Gasteiger partial charge in [-0.15, -0.1) is 0 Å². The van der Waals surface area contributed by atoms with Crippen molar-refractivity contribution in [2.45, 2.75) is 20.4 Å². The zero-order valence-corrected chi connectivity index (χ0v) is 15.8. The van der Waals surface area contributed by atoms with Gasteiger partial charge >= 0.3 is 5.97 Å². The molecule has 0 saturated heterocycles. The molecule has 0 unspecified atom stereocenters. The summed E-state index contributed by atoms with van der Waals surface area (Å²) in [4.78, 5) is 22.4. The molecule has 132 valence electrons. The molecule has 0 atom stereocenters. The van der Waals surface area contributed by atoms with Crippen LogP contribution in [0.4, 0.5) is 0 Å². The van der Waals surface area contributed by atoms with Crippen molar-refractivity contribution in [2.75, 3.05) is 6.61 Å². The number of esters is 1. The Hall–Kier alpha value is -1.82. The van der Waals surface area contributed by atoms with E-state index in [0.717, 1.165) is 0 Å². The van der Waals surface area contributed by atoms with Crippen LogP contribution >= 0.6 is 34.8 Å². The number of aryl methyl sites for hydroxylation is 1. The van der Waals surface area contributed by atoms with Crippen LogP contribution in [0, 0.1) is 6.92 Å². The van der Waals surface area contributed by atoms with Gasteiger partial charge in [-0.1, -0.05) is 40.9 Å². The minimum absolute atomic E-state index is 0.236. The summed E-state index contributed by atoms with van der Waals surface area (Å²) in [5.74, 6) is -0.868. The fourth-order valence-corrected chi connectivity index (χ4v) is 2.88. The number of benzene rings is 1. The van der Waals surface area contributed by atoms with Crippen LogP contribution in [0.3, 0.4) is 0 Å². The molecule has 2 rings (SSSR count). The molecular formula is C17H15Cl3N2O3. The SMILES string of the molecule is CC(=O)COC(=O)/C=C/c1c(C)nn(Cc2c(Cl)cccc2Cl)c1Cl. The van der Waals surface area contributed by atoms with E-state index in [0.29, 0.717) is 38.6 Å². The molecule has 0 aliphatic heterocycles. The van der Waals surface area contributed by atoms with Crippen molar-refractivity contribution in [2.24, 2.45) is 0 Å². The van der Waals surface area contributed by atoms with Crippen LogP contribution in [0.25, 0.3) is 6.08 Å². The summed E-state index contributed by atoms with van der Waals surface area (Å²) < 4.78 is 6.30. The maximum Gasteiger partial charge on any atom is 0.331 e. The predicted octanol–water partition coefficient (Wildman–Crippen LogP) is 4.35. The van der Waals surface area contributed by atoms with E-state index in [1.54, 1.807) is 29.8 Å². The number of nitrogens with zero attached hydrogens (tertiary/aromatic N) is 2. The van der Waals surface area contributed by atoms with Crippen molar-refractivity contribution in [3.8, 4) is 0 Å². The van der Waals surface area contributed by atoms with Crippen LogP contribution in [-0.4, -0.2) is 28.1 Å². The van der Waals surface area contributed by atoms with Gasteiger partial charge in [-0.25, -0.2) is 9.48 Å². The molecule has 0 spiro atoms. The van der Waals surface area contributed by atoms with Crippen molar-refractivity contribution >= 4 is 52.6 Å². The van der Waals surface area contributed by atoms with Gasteiger partial charge in [-0.05, 0) is 32.1 Å². The van der Waals surface area contributed by atoms with Crippen molar-refractivity contribution in [3.05, 3.63) is 56.3 Å². The quantitative estimate of drug-likeness (QED) is 0.533. The van der Waals surface area contributed by atoms with E-state index >= 15 is 0 Å². The lowest BCUT2D eigenvalue weighted by Crippen LogP contribution is -2.08. The van der Waals surface area contributed by atoms with E-state index in [-0.39, 0.29) is 12.4 Å². The summed E-state index contributed by atoms with van der Waals surface area (Å²) in [5, 5.41) is 5.72. The Morgan fingerprint density at radius 2 is 1.88 bits per heavy atom. The van der Waals surface area contributed by atoms with Gasteiger partial charge in [-0.2, -0.15) is 5.10 Å². The lowest BCUT2D eigenvalue weighted by atomic mass is 10.2. The number of hydrogen-bond acceptors (Lipinski definition) is 4. The highest BCUT2D eigenvalue weighted by Crippen LogP contribution is 2.28. The number of carbonyl (C=O) groups excluding carboxylic acids is 2. The van der Waals surface area contributed by atoms with Gasteiger partial charge in [0.25, 0.3) is 0 Å². The van der Waals surface area contributed by atoms with Crippen molar-refractivity contribution in [1.82, 2.24) is 9.78 Å². The van der Waals surface area contributed by atoms with Crippen molar-refractivity contribution in [3.63, 3.8) is 0 Å². The van der Waals surface area contributed by atoms with E-state index in [1.807, 2.05) is 0 Å². The summed E-state index contributed by atoms with van der Waals surface area (Å²) >= 11 is 18.7. The third kappa shape index (κ3) is 5.08. The predicted molar refractivity (Wildman–Crippen MR) is 98.2 cm³/mol. The van der Waals surface area contributed by atoms with Gasteiger partial charge in [0.15, 0.2) is 5.78 Å². The minimum Gasteiger partial charge on any atom is -0.455 e. The Bertz CT molecular complexity index is 824. The van der Waals surface area contributed by atoms with Gasteiger partial charge in [0, 0.05) is 27.2 Å². The minimum atomic E-state index is -0.632. The maximum atomic E-state index is 11.6. The van der Waals surface area contributed by atoms with Crippen LogP contribution in [0.5, 0.6) is 0 Å². The fourth-order valence-electron chi connectivity index (χ4n) is 2.07. The zero-order valence-electron chi connectivity index (χ0n) is 13.6. The van der Waals surface area contributed by atoms with E-state index in [2.05, 4.69) is 5.10 Å². The molecule has 1 heterocycles. The maximum absolute atomic E-state index is 11.6. The molecule has 8 heteroatoms. The highest BCUT2D eigenvalue weighted by molar-refractivity contribution is 6.36. The van der Waals surface area contributed by atoms with Crippen LogP contribution in [0.1, 0.15) is 23.7 Å². The first-order valence-corrected chi connectivity index (χ1v) is 8.43. The lowest BCUT2D eigenvalue weighted by Gasteiger charge is -2.08. The van der Waals surface area contributed by atoms with Crippen LogP contribution in [0.2, 0.25) is 15.2 Å². The first-order valence-electron chi connectivity index (χ1n) is 7.29. The first-order chi connectivity index (χ1) is 11.8. The number of Topliss-reactive ketones (excluding diaryl/α,β-unsaturated/α-hetero) is 1. The van der Waals surface area contributed by atoms with Gasteiger partial charge in [0.2, 0.25) is 0 Å². The fraction of sp³-hybridized carbons (Fsp3) is 0.235. The summed E-state index contributed by atoms with van der Waals surface area (Å²) in [6, 6.07) is 5.22. The van der Waals surface area contributed by atoms with Gasteiger partial charge in [0.05, 0.1) is 12.2 Å². The Labute approximate surface area is 160 Å². The molecule has 2 aromatic rings. The van der Waals surface area contributed by atoms with E-state index in [1.165, 1.54) is 19.1 Å². The number of ketones is 1. The molecule has 0 saturated carbocycles. The average Bonchev–Trinajstić information content (AvgIpc) is 2.81. The summed E-state index contributed by atoms with van der Waals surface area (Å²) in [5.41, 5.74) is 1.90. The highest BCUT2D eigenvalue weighted by Gasteiger charge is 2.14. The Balaban J connectivity index is 2.20. The molecule has 5 nitrogen and oxygen atoms in total. The molecule has 0 aliphatic rings. The van der Waals surface area contributed by atoms with Gasteiger partial charge in [-0.3, -0.25) is 4.79 Å². The second-order valence-corrected chi connectivity index (χ2v) is 6.46. The molecule has 1 aromatic carbocycles. The molecule has 0 fully saturated rings. The monoisotopic (exact) mass is 400 g/mol. The Kier molecular flexibility index (Phi) is 6.64. The second-order valence-electron chi connectivity index (χ2n) is 5.29. The summed E-state index contributed by atoms with van der Waals surface area (Å²) in [7, 11) is 0. The number of aromatic nitrogens is 2. The van der Waals surface area contributed by atoms with Crippen LogP contribution in [-0.2, 0) is 20.9 Å². The Morgan fingerprint density at radius 3 is 2.48 bits per heavy atom. The standard InChI is InChI=1S/C17H15Cl3N2O3/c1-10(23)9-25-16(24)7-6-12-11(2)21-22(17(12)20)8-13-14(18)4-3-5-15(13)19/h3-7H,8-9H2,1-2H3/b7-6+. The second kappa shape index (κ2) is 8.52. The first kappa shape index (κ1) is 19.5. The molecule has 0 aliphatic carbocycles. The number of rotatable bonds is 6. The summed E-state index contributed by atoms with van der Waals surface area (Å²) in [6.45, 7) is 3.13. The molecular weight excluding hydrogens is 387 g/mol. The van der Waals surface area contributed by atoms with Crippen LogP contribution in [0.15, 0.2) is 24.3 Å². The molecule has 0 bridgehead atoms. The third-order valence-corrected chi connectivity index (χ3v) is 4.39. The number of halogens is 3. The molecule has 0 radical (unpaired) electrons. The highest BCUT2D eigenvalue weighted by atomic mass is 35.5. The molecule has 0 N–H and O–H groups in total. The zero-order chi connectivity index (χ0) is 18.6. The van der Waals surface area contributed by atoms with E-state index in [4.69, 9.17) is 39.5 Å². The lowest BCUT2D eigenvalue weighted by molar-refractivity contribution is -0.142. The number of hydrogen-bond donors (Lipinski definition) is 0. The van der Waals surface area contributed by atoms with E-state index < -0.39 is 5.97 Å². The van der Waals surface area contributed by atoms with Gasteiger partial charge < -0.3 is 4.74 Å². The smallest absolute Gasteiger partial charge is 0.331 e. The van der Waals surface area contributed by atoms with Crippen molar-refractivity contribution in [1.29, 1.82) is 0 Å². The van der Waals surface area contributed by atoms with E-state index in [9.17, 15) is 9.59 Å². The van der Waals surface area contributed by atoms with Crippen molar-refractivity contribution < 1.29 is 14.3 Å². The normalized spacial score (nSPS) is 11.1. The molecule has 1 aromatic heterocycles. The largest absolute Gasteiger partial charge is 0.455 e. The summed E-state index contributed by atoms with van der Waals surface area (Å²) in [6.07, 6.45) is 2.70. The van der Waals surface area contributed by atoms with Crippen LogP contribution < -0.4 is 0 Å². The Morgan fingerprint density at radius 1 is 1.24 bits per heavy atom. The molecule has 0 amide bonds. The topological polar surface area (TPSA) is 61.2 Å². The van der Waals surface area contributed by atoms with Gasteiger partial charge in [0.1, 0.15) is 11.8 Å².